The maximum absolute atomic E-state index is 11.5. The topological polar surface area (TPSA) is 26.3 Å². The summed E-state index contributed by atoms with van der Waals surface area (Å²) in [6.45, 7) is 12.9. The molecule has 0 amide bonds. The Kier molecular flexibility index (Phi) is 4.79. The van der Waals surface area contributed by atoms with Crippen LogP contribution in [0.1, 0.15) is 53.4 Å². The maximum atomic E-state index is 11.5. The summed E-state index contributed by atoms with van der Waals surface area (Å²) < 4.78 is 5.33. The quantitative estimate of drug-likeness (QED) is 0.517. The molecule has 0 aromatic heterocycles. The first kappa shape index (κ1) is 14.3. The van der Waals surface area contributed by atoms with Gasteiger partial charge in [-0.1, -0.05) is 32.9 Å². The molecule has 0 aliphatic heterocycles. The summed E-state index contributed by atoms with van der Waals surface area (Å²) >= 11 is 0. The van der Waals surface area contributed by atoms with E-state index >= 15 is 0 Å². The average molecular weight is 238 g/mol. The first-order valence-corrected chi connectivity index (χ1v) is 6.72. The molecule has 2 nitrogen and oxygen atoms in total. The fourth-order valence-corrected chi connectivity index (χ4v) is 2.62. The second kappa shape index (κ2) is 5.70. The molecule has 1 rings (SSSR count). The van der Waals surface area contributed by atoms with Gasteiger partial charge >= 0.3 is 5.97 Å². The van der Waals surface area contributed by atoms with Crippen molar-refractivity contribution in [3.63, 3.8) is 0 Å². The largest absolute Gasteiger partial charge is 0.465 e. The zero-order valence-corrected chi connectivity index (χ0v) is 11.7. The van der Waals surface area contributed by atoms with Crippen LogP contribution in [0.2, 0.25) is 0 Å². The summed E-state index contributed by atoms with van der Waals surface area (Å²) in [5.41, 5.74) is 1.58. The van der Waals surface area contributed by atoms with Crippen LogP contribution in [0.25, 0.3) is 0 Å². The van der Waals surface area contributed by atoms with Gasteiger partial charge in [0.1, 0.15) is 0 Å². The maximum Gasteiger partial charge on any atom is 0.308 e. The highest BCUT2D eigenvalue weighted by Gasteiger charge is 2.42. The molecule has 1 fully saturated rings. The molecule has 0 saturated heterocycles. The Morgan fingerprint density at radius 2 is 2.24 bits per heavy atom. The fourth-order valence-electron chi connectivity index (χ4n) is 2.62. The number of esters is 1. The second-order valence-electron chi connectivity index (χ2n) is 5.82. The van der Waals surface area contributed by atoms with Crippen LogP contribution in [-0.4, -0.2) is 12.6 Å². The number of hydrogen-bond donors (Lipinski definition) is 0. The van der Waals surface area contributed by atoms with Gasteiger partial charge in [0.25, 0.3) is 0 Å². The fraction of sp³-hybridized carbons (Fsp3) is 0.800. The van der Waals surface area contributed by atoms with Gasteiger partial charge in [-0.3, -0.25) is 4.79 Å². The summed E-state index contributed by atoms with van der Waals surface area (Å²) in [4.78, 5) is 11.5. The second-order valence-corrected chi connectivity index (χ2v) is 5.82. The van der Waals surface area contributed by atoms with Crippen molar-refractivity contribution in [2.45, 2.75) is 53.4 Å². The van der Waals surface area contributed by atoms with Gasteiger partial charge in [0.2, 0.25) is 0 Å². The molecule has 1 aliphatic carbocycles. The minimum atomic E-state index is -0.0534. The summed E-state index contributed by atoms with van der Waals surface area (Å²) in [7, 11) is 0. The van der Waals surface area contributed by atoms with Crippen molar-refractivity contribution in [3.8, 4) is 0 Å². The van der Waals surface area contributed by atoms with Gasteiger partial charge in [0.05, 0.1) is 12.5 Å². The van der Waals surface area contributed by atoms with E-state index in [1.165, 1.54) is 18.4 Å². The molecule has 3 atom stereocenters. The predicted octanol–water partition coefficient (Wildman–Crippen LogP) is 3.96. The van der Waals surface area contributed by atoms with Crippen LogP contribution in [0, 0.1) is 17.3 Å². The first-order valence-electron chi connectivity index (χ1n) is 6.72. The van der Waals surface area contributed by atoms with Crippen LogP contribution < -0.4 is 0 Å². The molecule has 98 valence electrons. The third-order valence-electron chi connectivity index (χ3n) is 4.37. The number of carbonyl (C=O) groups excluding carboxylic acids is 1. The Balaban J connectivity index is 2.32. The highest BCUT2D eigenvalue weighted by molar-refractivity contribution is 5.71. The number of allylic oxidation sites excluding steroid dienone is 1. The van der Waals surface area contributed by atoms with Crippen molar-refractivity contribution in [1.82, 2.24) is 0 Å². The van der Waals surface area contributed by atoms with E-state index in [4.69, 9.17) is 4.74 Å². The van der Waals surface area contributed by atoms with E-state index in [9.17, 15) is 4.79 Å². The Morgan fingerprint density at radius 1 is 1.59 bits per heavy atom. The zero-order chi connectivity index (χ0) is 13.1. The SMILES string of the molecule is C=C(C)C1CCC1(C)CCOC(=O)C(C)CC. The summed E-state index contributed by atoms with van der Waals surface area (Å²) in [5, 5.41) is 0. The Morgan fingerprint density at radius 3 is 2.65 bits per heavy atom. The van der Waals surface area contributed by atoms with Gasteiger partial charge < -0.3 is 4.74 Å². The van der Waals surface area contributed by atoms with E-state index in [2.05, 4.69) is 20.4 Å². The Bertz CT molecular complexity index is 295. The standard InChI is InChI=1S/C15H26O2/c1-6-12(4)14(16)17-10-9-15(5)8-7-13(15)11(2)3/h12-13H,2,6-10H2,1,3-5H3. The summed E-state index contributed by atoms with van der Waals surface area (Å²) in [6, 6.07) is 0. The molecular weight excluding hydrogens is 212 g/mol. The molecule has 1 saturated carbocycles. The lowest BCUT2D eigenvalue weighted by Gasteiger charge is -2.48. The van der Waals surface area contributed by atoms with E-state index < -0.39 is 0 Å². The Labute approximate surface area is 105 Å². The van der Waals surface area contributed by atoms with E-state index in [1.807, 2.05) is 13.8 Å². The number of rotatable bonds is 6. The van der Waals surface area contributed by atoms with Gasteiger partial charge in [0, 0.05) is 0 Å². The lowest BCUT2D eigenvalue weighted by molar-refractivity contribution is -0.149. The van der Waals surface area contributed by atoms with Crippen LogP contribution in [-0.2, 0) is 9.53 Å². The van der Waals surface area contributed by atoms with Gasteiger partial charge in [0.15, 0.2) is 0 Å². The van der Waals surface area contributed by atoms with Crippen LogP contribution >= 0.6 is 0 Å². The van der Waals surface area contributed by atoms with Crippen molar-refractivity contribution in [2.24, 2.45) is 17.3 Å². The van der Waals surface area contributed by atoms with Crippen LogP contribution in [0.15, 0.2) is 12.2 Å². The molecule has 2 heteroatoms. The highest BCUT2D eigenvalue weighted by Crippen LogP contribution is 2.51. The lowest BCUT2D eigenvalue weighted by atomic mass is 9.57. The van der Waals surface area contributed by atoms with Crippen molar-refractivity contribution in [3.05, 3.63) is 12.2 Å². The molecule has 0 bridgehead atoms. The number of carbonyl (C=O) groups is 1. The van der Waals surface area contributed by atoms with Gasteiger partial charge in [-0.15, -0.1) is 0 Å². The van der Waals surface area contributed by atoms with E-state index in [0.29, 0.717) is 17.9 Å². The van der Waals surface area contributed by atoms with Crippen LogP contribution in [0.5, 0.6) is 0 Å². The molecule has 0 heterocycles. The molecule has 0 N–H and O–H groups in total. The lowest BCUT2D eigenvalue weighted by Crippen LogP contribution is -2.39. The predicted molar refractivity (Wildman–Crippen MR) is 70.7 cm³/mol. The molecule has 0 radical (unpaired) electrons. The third-order valence-corrected chi connectivity index (χ3v) is 4.37. The van der Waals surface area contributed by atoms with Gasteiger partial charge in [-0.05, 0) is 43.9 Å². The molecule has 0 spiro atoms. The minimum absolute atomic E-state index is 0.0288. The molecule has 17 heavy (non-hydrogen) atoms. The summed E-state index contributed by atoms with van der Waals surface area (Å²) in [6.07, 6.45) is 4.29. The zero-order valence-electron chi connectivity index (χ0n) is 11.7. The van der Waals surface area contributed by atoms with Crippen molar-refractivity contribution < 1.29 is 9.53 Å². The highest BCUT2D eigenvalue weighted by atomic mass is 16.5. The van der Waals surface area contributed by atoms with E-state index in [1.54, 1.807) is 0 Å². The summed E-state index contributed by atoms with van der Waals surface area (Å²) in [5.74, 6) is 0.591. The minimum Gasteiger partial charge on any atom is -0.465 e. The molecule has 0 aromatic carbocycles. The van der Waals surface area contributed by atoms with Crippen molar-refractivity contribution in [2.75, 3.05) is 6.61 Å². The molecular formula is C15H26O2. The van der Waals surface area contributed by atoms with Gasteiger partial charge in [-0.2, -0.15) is 0 Å². The van der Waals surface area contributed by atoms with Crippen molar-refractivity contribution in [1.29, 1.82) is 0 Å². The molecule has 0 aromatic rings. The molecule has 3 unspecified atom stereocenters. The third kappa shape index (κ3) is 3.34. The Hall–Kier alpha value is -0.790. The monoisotopic (exact) mass is 238 g/mol. The van der Waals surface area contributed by atoms with E-state index in [-0.39, 0.29) is 11.9 Å². The number of hydrogen-bond acceptors (Lipinski definition) is 2. The van der Waals surface area contributed by atoms with Gasteiger partial charge in [-0.25, -0.2) is 0 Å². The average Bonchev–Trinajstić information content (AvgIpc) is 2.25. The van der Waals surface area contributed by atoms with Crippen LogP contribution in [0.4, 0.5) is 0 Å². The van der Waals surface area contributed by atoms with Crippen molar-refractivity contribution >= 4 is 5.97 Å². The molecule has 1 aliphatic rings. The first-order chi connectivity index (χ1) is 7.90. The van der Waals surface area contributed by atoms with E-state index in [0.717, 1.165) is 12.8 Å². The normalized spacial score (nSPS) is 29.3. The number of ether oxygens (including phenoxy) is 1. The van der Waals surface area contributed by atoms with Crippen LogP contribution in [0.3, 0.4) is 0 Å². The smallest absolute Gasteiger partial charge is 0.308 e.